The Morgan fingerprint density at radius 1 is 1.46 bits per heavy atom. The topological polar surface area (TPSA) is 12.9 Å². The van der Waals surface area contributed by atoms with Gasteiger partial charge in [-0.3, -0.25) is 0 Å². The largest absolute Gasteiger partial charge is 0.229 e. The number of thiazole rings is 1. The van der Waals surface area contributed by atoms with Gasteiger partial charge in [-0.05, 0) is 19.3 Å². The number of halogens is 1. The van der Waals surface area contributed by atoms with E-state index in [-0.39, 0.29) is 0 Å². The minimum absolute atomic E-state index is 0.707. The number of aryl methyl sites for hydroxylation is 1. The van der Waals surface area contributed by atoms with Crippen LogP contribution in [0.3, 0.4) is 0 Å². The fourth-order valence-electron chi connectivity index (χ4n) is 2.11. The Kier molecular flexibility index (Phi) is 2.89. The zero-order valence-corrected chi connectivity index (χ0v) is 9.42. The average Bonchev–Trinajstić information content (AvgIpc) is 2.71. The van der Waals surface area contributed by atoms with E-state index in [1.54, 1.807) is 11.3 Å². The van der Waals surface area contributed by atoms with E-state index >= 15 is 0 Å². The maximum absolute atomic E-state index is 5.93. The van der Waals surface area contributed by atoms with Crippen molar-refractivity contribution in [2.24, 2.45) is 0 Å². The molecule has 0 saturated heterocycles. The second kappa shape index (κ2) is 3.97. The monoisotopic (exact) mass is 215 g/mol. The molecule has 1 aliphatic carbocycles. The first-order chi connectivity index (χ1) is 6.31. The molecule has 1 saturated carbocycles. The summed E-state index contributed by atoms with van der Waals surface area (Å²) < 4.78 is 0.721. The summed E-state index contributed by atoms with van der Waals surface area (Å²) in [7, 11) is 0. The number of hydrogen-bond acceptors (Lipinski definition) is 2. The maximum atomic E-state index is 5.93. The lowest BCUT2D eigenvalue weighted by Gasteiger charge is -2.06. The van der Waals surface area contributed by atoms with E-state index in [0.29, 0.717) is 5.92 Å². The van der Waals surface area contributed by atoms with Crippen molar-refractivity contribution >= 4 is 22.9 Å². The zero-order chi connectivity index (χ0) is 9.26. The summed E-state index contributed by atoms with van der Waals surface area (Å²) in [5, 5.41) is 0. The number of hydrogen-bond donors (Lipinski definition) is 0. The van der Waals surface area contributed by atoms with Gasteiger partial charge < -0.3 is 0 Å². The minimum atomic E-state index is 0.707. The number of aromatic nitrogens is 1. The third kappa shape index (κ3) is 1.89. The summed E-state index contributed by atoms with van der Waals surface area (Å²) >= 11 is 7.59. The van der Waals surface area contributed by atoms with Gasteiger partial charge in [-0.2, -0.15) is 0 Å². The molecule has 1 fully saturated rings. The molecular weight excluding hydrogens is 202 g/mol. The van der Waals surface area contributed by atoms with Crippen LogP contribution >= 0.6 is 22.9 Å². The van der Waals surface area contributed by atoms with Gasteiger partial charge in [0.2, 0.25) is 0 Å². The summed E-state index contributed by atoms with van der Waals surface area (Å²) in [6.07, 6.45) is 6.43. The molecule has 1 nitrogen and oxygen atoms in total. The fraction of sp³-hybridized carbons (Fsp3) is 0.700. The Morgan fingerprint density at radius 3 is 2.77 bits per heavy atom. The third-order valence-corrected chi connectivity index (χ3v) is 4.08. The molecule has 2 rings (SSSR count). The molecule has 0 amide bonds. The van der Waals surface area contributed by atoms with E-state index in [2.05, 4.69) is 11.9 Å². The van der Waals surface area contributed by atoms with Gasteiger partial charge >= 0.3 is 0 Å². The molecule has 3 heteroatoms. The van der Waals surface area contributed by atoms with Crippen molar-refractivity contribution in [1.29, 1.82) is 0 Å². The SMILES string of the molecule is CCc1sc(Cl)nc1C1CCCC1. The molecule has 1 aromatic heterocycles. The Balaban J connectivity index is 2.26. The lowest BCUT2D eigenvalue weighted by Crippen LogP contribution is -1.96. The van der Waals surface area contributed by atoms with E-state index in [9.17, 15) is 0 Å². The van der Waals surface area contributed by atoms with Gasteiger partial charge in [0.25, 0.3) is 0 Å². The quantitative estimate of drug-likeness (QED) is 0.726. The van der Waals surface area contributed by atoms with Gasteiger partial charge in [-0.15, -0.1) is 11.3 Å². The summed E-state index contributed by atoms with van der Waals surface area (Å²) in [6, 6.07) is 0. The highest BCUT2D eigenvalue weighted by molar-refractivity contribution is 7.15. The molecule has 1 aromatic rings. The van der Waals surface area contributed by atoms with Crippen LogP contribution in [0.4, 0.5) is 0 Å². The normalized spacial score (nSPS) is 18.3. The lowest BCUT2D eigenvalue weighted by molar-refractivity contribution is 0.694. The second-order valence-electron chi connectivity index (χ2n) is 3.61. The van der Waals surface area contributed by atoms with Crippen molar-refractivity contribution in [2.75, 3.05) is 0 Å². The highest BCUT2D eigenvalue weighted by Crippen LogP contribution is 2.38. The molecule has 0 aliphatic heterocycles. The van der Waals surface area contributed by atoms with Crippen LogP contribution in [-0.4, -0.2) is 4.98 Å². The summed E-state index contributed by atoms with van der Waals surface area (Å²) in [5.41, 5.74) is 1.30. The Labute approximate surface area is 88.1 Å². The van der Waals surface area contributed by atoms with Crippen LogP contribution in [-0.2, 0) is 6.42 Å². The van der Waals surface area contributed by atoms with Gasteiger partial charge in [0.15, 0.2) is 4.47 Å². The van der Waals surface area contributed by atoms with Crippen LogP contribution in [0, 0.1) is 0 Å². The predicted molar refractivity (Wildman–Crippen MR) is 57.7 cm³/mol. The van der Waals surface area contributed by atoms with Crippen LogP contribution in [0.5, 0.6) is 0 Å². The van der Waals surface area contributed by atoms with Gasteiger partial charge in [0.05, 0.1) is 5.69 Å². The van der Waals surface area contributed by atoms with Crippen molar-refractivity contribution < 1.29 is 0 Å². The Hall–Kier alpha value is -0.0800. The zero-order valence-electron chi connectivity index (χ0n) is 7.85. The lowest BCUT2D eigenvalue weighted by atomic mass is 10.0. The van der Waals surface area contributed by atoms with E-state index in [1.807, 2.05) is 0 Å². The molecule has 72 valence electrons. The van der Waals surface area contributed by atoms with Crippen LogP contribution < -0.4 is 0 Å². The van der Waals surface area contributed by atoms with Crippen LogP contribution in [0.1, 0.15) is 49.1 Å². The smallest absolute Gasteiger partial charge is 0.184 e. The molecule has 0 aromatic carbocycles. The Bertz CT molecular complexity index is 289. The first kappa shape index (κ1) is 9.47. The molecule has 0 N–H and O–H groups in total. The summed E-state index contributed by atoms with van der Waals surface area (Å²) in [5.74, 6) is 0.707. The van der Waals surface area contributed by atoms with Gasteiger partial charge in [-0.1, -0.05) is 31.4 Å². The van der Waals surface area contributed by atoms with Crippen molar-refractivity contribution in [3.8, 4) is 0 Å². The Morgan fingerprint density at radius 2 is 2.15 bits per heavy atom. The van der Waals surface area contributed by atoms with Crippen LogP contribution in [0.25, 0.3) is 0 Å². The fourth-order valence-corrected chi connectivity index (χ4v) is 3.28. The van der Waals surface area contributed by atoms with Gasteiger partial charge in [-0.25, -0.2) is 4.98 Å². The first-order valence-electron chi connectivity index (χ1n) is 4.96. The molecule has 0 unspecified atom stereocenters. The highest BCUT2D eigenvalue weighted by Gasteiger charge is 2.22. The van der Waals surface area contributed by atoms with E-state index in [1.165, 1.54) is 36.3 Å². The standard InChI is InChI=1S/C10H14ClNS/c1-2-8-9(12-10(11)13-8)7-5-3-4-6-7/h7H,2-6H2,1H3. The highest BCUT2D eigenvalue weighted by atomic mass is 35.5. The van der Waals surface area contributed by atoms with Crippen molar-refractivity contribution in [3.05, 3.63) is 15.0 Å². The van der Waals surface area contributed by atoms with Crippen LogP contribution in [0.2, 0.25) is 4.47 Å². The molecule has 13 heavy (non-hydrogen) atoms. The maximum Gasteiger partial charge on any atom is 0.184 e. The molecule has 1 heterocycles. The molecular formula is C10H14ClNS. The van der Waals surface area contributed by atoms with Crippen molar-refractivity contribution in [1.82, 2.24) is 4.98 Å². The minimum Gasteiger partial charge on any atom is -0.229 e. The van der Waals surface area contributed by atoms with Crippen molar-refractivity contribution in [3.63, 3.8) is 0 Å². The summed E-state index contributed by atoms with van der Waals surface area (Å²) in [6.45, 7) is 2.18. The van der Waals surface area contributed by atoms with E-state index in [4.69, 9.17) is 11.6 Å². The van der Waals surface area contributed by atoms with E-state index in [0.717, 1.165) is 10.9 Å². The predicted octanol–water partition coefficient (Wildman–Crippen LogP) is 4.02. The van der Waals surface area contributed by atoms with Gasteiger partial charge in [0, 0.05) is 10.8 Å². The van der Waals surface area contributed by atoms with E-state index < -0.39 is 0 Å². The van der Waals surface area contributed by atoms with Crippen LogP contribution in [0.15, 0.2) is 0 Å². The number of rotatable bonds is 2. The summed E-state index contributed by atoms with van der Waals surface area (Å²) in [4.78, 5) is 5.85. The number of nitrogens with zero attached hydrogens (tertiary/aromatic N) is 1. The molecule has 1 aliphatic rings. The van der Waals surface area contributed by atoms with Gasteiger partial charge in [0.1, 0.15) is 0 Å². The average molecular weight is 216 g/mol. The second-order valence-corrected chi connectivity index (χ2v) is 5.28. The van der Waals surface area contributed by atoms with Crippen molar-refractivity contribution in [2.45, 2.75) is 44.9 Å². The molecule has 0 bridgehead atoms. The molecule has 0 atom stereocenters. The third-order valence-electron chi connectivity index (χ3n) is 2.76. The molecule has 0 spiro atoms. The molecule has 0 radical (unpaired) electrons. The first-order valence-corrected chi connectivity index (χ1v) is 6.15.